The number of carbonyl (C=O) groups is 1. The third-order valence-electron chi connectivity index (χ3n) is 2.06. The smallest absolute Gasteiger partial charge is 0.223 e. The molecule has 0 atom stereocenters. The van der Waals surface area contributed by atoms with E-state index >= 15 is 0 Å². The van der Waals surface area contributed by atoms with Crippen LogP contribution in [0.1, 0.15) is 12.0 Å². The third-order valence-corrected chi connectivity index (χ3v) is 2.06. The van der Waals surface area contributed by atoms with Crippen molar-refractivity contribution in [1.82, 2.24) is 5.32 Å². The lowest BCUT2D eigenvalue weighted by Gasteiger charge is -2.09. The number of amides is 1. The number of hydrogen-bond donors (Lipinski definition) is 2. The molecule has 1 amide bonds. The Bertz CT molecular complexity index is 326. The molecule has 1 aromatic carbocycles. The molecule has 0 aromatic heterocycles. The van der Waals surface area contributed by atoms with Crippen molar-refractivity contribution in [2.75, 3.05) is 13.7 Å². The highest BCUT2D eigenvalue weighted by Crippen LogP contribution is 2.16. The summed E-state index contributed by atoms with van der Waals surface area (Å²) >= 11 is 0. The Labute approximate surface area is 89.4 Å². The molecule has 0 bridgehead atoms. The summed E-state index contributed by atoms with van der Waals surface area (Å²) < 4.78 is 5.46. The molecule has 0 aliphatic rings. The molecule has 1 rings (SSSR count). The molecule has 0 aliphatic heterocycles. The Morgan fingerprint density at radius 1 is 1.47 bits per heavy atom. The van der Waals surface area contributed by atoms with E-state index in [1.165, 1.54) is 0 Å². The minimum absolute atomic E-state index is 0.0276. The number of nitrogens with two attached hydrogens (primary N) is 1. The summed E-state index contributed by atoms with van der Waals surface area (Å²) in [5, 5.41) is 2.54. The van der Waals surface area contributed by atoms with Crippen LogP contribution in [0.3, 0.4) is 0 Å². The van der Waals surface area contributed by atoms with Crippen LogP contribution in [-0.2, 0) is 11.3 Å². The lowest BCUT2D eigenvalue weighted by Crippen LogP contribution is -2.20. The van der Waals surface area contributed by atoms with E-state index in [4.69, 9.17) is 10.5 Å². The van der Waals surface area contributed by atoms with Crippen LogP contribution in [-0.4, -0.2) is 19.6 Å². The molecule has 1 aromatic rings. The number of nitrogens with one attached hydrogen (secondary N) is 1. The quantitative estimate of drug-likeness (QED) is 0.747. The molecule has 0 unspecified atom stereocenters. The molecule has 0 saturated heterocycles. The summed E-state index contributed by atoms with van der Waals surface area (Å²) in [4.78, 5) is 10.9. The Hall–Kier alpha value is -1.55. The Kier molecular flexibility index (Phi) is 4.63. The first-order valence-corrected chi connectivity index (χ1v) is 4.89. The second-order valence-electron chi connectivity index (χ2n) is 3.08. The topological polar surface area (TPSA) is 64.3 Å². The van der Waals surface area contributed by atoms with Gasteiger partial charge in [-0.2, -0.15) is 0 Å². The van der Waals surface area contributed by atoms with Crippen LogP contribution in [0.2, 0.25) is 0 Å². The standard InChI is InChI=1S/C11H16N2O2/c1-13-11(14)6-7-15-10-5-3-2-4-9(10)8-12/h2-5H,6-8,12H2,1H3,(H,13,14). The van der Waals surface area contributed by atoms with Crippen LogP contribution in [0.5, 0.6) is 5.75 Å². The van der Waals surface area contributed by atoms with Crippen molar-refractivity contribution in [3.8, 4) is 5.75 Å². The van der Waals surface area contributed by atoms with E-state index in [0.717, 1.165) is 11.3 Å². The fraction of sp³-hybridized carbons (Fsp3) is 0.364. The number of carbonyl (C=O) groups excluding carboxylic acids is 1. The second kappa shape index (κ2) is 6.03. The largest absolute Gasteiger partial charge is 0.493 e. The SMILES string of the molecule is CNC(=O)CCOc1ccccc1CN. The van der Waals surface area contributed by atoms with Gasteiger partial charge in [0.2, 0.25) is 5.91 Å². The summed E-state index contributed by atoms with van der Waals surface area (Å²) in [5.41, 5.74) is 6.50. The van der Waals surface area contributed by atoms with E-state index in [2.05, 4.69) is 5.32 Å². The van der Waals surface area contributed by atoms with E-state index < -0.39 is 0 Å². The molecule has 0 saturated carbocycles. The van der Waals surface area contributed by atoms with Crippen LogP contribution in [0.15, 0.2) is 24.3 Å². The van der Waals surface area contributed by atoms with Crippen molar-refractivity contribution >= 4 is 5.91 Å². The minimum atomic E-state index is -0.0276. The summed E-state index contributed by atoms with van der Waals surface area (Å²) in [6.45, 7) is 0.812. The predicted molar refractivity (Wildman–Crippen MR) is 58.5 cm³/mol. The maximum atomic E-state index is 10.9. The summed E-state index contributed by atoms with van der Waals surface area (Å²) in [5.74, 6) is 0.726. The van der Waals surface area contributed by atoms with Crippen molar-refractivity contribution in [3.63, 3.8) is 0 Å². The maximum Gasteiger partial charge on any atom is 0.223 e. The molecule has 82 valence electrons. The molecular formula is C11H16N2O2. The Balaban J connectivity index is 2.46. The van der Waals surface area contributed by atoms with Crippen molar-refractivity contribution in [2.24, 2.45) is 5.73 Å². The number of benzene rings is 1. The molecule has 15 heavy (non-hydrogen) atoms. The average molecular weight is 208 g/mol. The number of hydrogen-bond acceptors (Lipinski definition) is 3. The lowest BCUT2D eigenvalue weighted by molar-refractivity contribution is -0.121. The van der Waals surface area contributed by atoms with Crippen molar-refractivity contribution in [1.29, 1.82) is 0 Å². The molecule has 0 fully saturated rings. The minimum Gasteiger partial charge on any atom is -0.493 e. The van der Waals surface area contributed by atoms with Gasteiger partial charge >= 0.3 is 0 Å². The van der Waals surface area contributed by atoms with Crippen LogP contribution in [0.4, 0.5) is 0 Å². The molecule has 3 N–H and O–H groups in total. The van der Waals surface area contributed by atoms with Gasteiger partial charge in [0, 0.05) is 19.2 Å². The molecule has 0 aliphatic carbocycles. The first-order chi connectivity index (χ1) is 7.27. The van der Waals surface area contributed by atoms with E-state index in [1.807, 2.05) is 24.3 Å². The van der Waals surface area contributed by atoms with E-state index in [0.29, 0.717) is 19.6 Å². The van der Waals surface area contributed by atoms with Crippen LogP contribution in [0, 0.1) is 0 Å². The normalized spacial score (nSPS) is 9.73. The summed E-state index contributed by atoms with van der Waals surface area (Å²) in [7, 11) is 1.61. The van der Waals surface area contributed by atoms with Gasteiger partial charge in [-0.05, 0) is 6.07 Å². The predicted octanol–water partition coefficient (Wildman–Crippen LogP) is 0.660. The number of para-hydroxylation sites is 1. The van der Waals surface area contributed by atoms with Gasteiger partial charge in [-0.25, -0.2) is 0 Å². The van der Waals surface area contributed by atoms with Gasteiger partial charge in [-0.3, -0.25) is 4.79 Å². The van der Waals surface area contributed by atoms with E-state index in [-0.39, 0.29) is 5.91 Å². The van der Waals surface area contributed by atoms with Gasteiger partial charge < -0.3 is 15.8 Å². The number of ether oxygens (including phenoxy) is 1. The third kappa shape index (κ3) is 3.59. The van der Waals surface area contributed by atoms with Gasteiger partial charge in [-0.1, -0.05) is 18.2 Å². The lowest BCUT2D eigenvalue weighted by atomic mass is 10.2. The zero-order valence-electron chi connectivity index (χ0n) is 8.82. The molecule has 0 heterocycles. The Morgan fingerprint density at radius 2 is 2.20 bits per heavy atom. The fourth-order valence-electron chi connectivity index (χ4n) is 1.19. The van der Waals surface area contributed by atoms with Gasteiger partial charge in [0.15, 0.2) is 0 Å². The summed E-state index contributed by atoms with van der Waals surface area (Å²) in [6.07, 6.45) is 0.357. The van der Waals surface area contributed by atoms with Crippen LogP contribution < -0.4 is 15.8 Å². The molecule has 4 nitrogen and oxygen atoms in total. The summed E-state index contributed by atoms with van der Waals surface area (Å²) in [6, 6.07) is 7.56. The van der Waals surface area contributed by atoms with Gasteiger partial charge in [0.1, 0.15) is 5.75 Å². The monoisotopic (exact) mass is 208 g/mol. The van der Waals surface area contributed by atoms with Crippen LogP contribution in [0.25, 0.3) is 0 Å². The fourth-order valence-corrected chi connectivity index (χ4v) is 1.19. The van der Waals surface area contributed by atoms with Crippen molar-refractivity contribution in [3.05, 3.63) is 29.8 Å². The van der Waals surface area contributed by atoms with Gasteiger partial charge in [0.05, 0.1) is 13.0 Å². The highest BCUT2D eigenvalue weighted by atomic mass is 16.5. The van der Waals surface area contributed by atoms with Gasteiger partial charge in [0.25, 0.3) is 0 Å². The van der Waals surface area contributed by atoms with Crippen molar-refractivity contribution < 1.29 is 9.53 Å². The second-order valence-corrected chi connectivity index (χ2v) is 3.08. The highest BCUT2D eigenvalue weighted by molar-refractivity contribution is 5.75. The first-order valence-electron chi connectivity index (χ1n) is 4.89. The highest BCUT2D eigenvalue weighted by Gasteiger charge is 2.02. The first kappa shape index (κ1) is 11.5. The average Bonchev–Trinajstić information content (AvgIpc) is 2.29. The molecule has 4 heteroatoms. The Morgan fingerprint density at radius 3 is 2.87 bits per heavy atom. The van der Waals surface area contributed by atoms with E-state index in [9.17, 15) is 4.79 Å². The number of rotatable bonds is 5. The van der Waals surface area contributed by atoms with Gasteiger partial charge in [-0.15, -0.1) is 0 Å². The van der Waals surface area contributed by atoms with Crippen LogP contribution >= 0.6 is 0 Å². The molecule has 0 radical (unpaired) electrons. The van der Waals surface area contributed by atoms with E-state index in [1.54, 1.807) is 7.05 Å². The maximum absolute atomic E-state index is 10.9. The van der Waals surface area contributed by atoms with Crippen molar-refractivity contribution in [2.45, 2.75) is 13.0 Å². The zero-order valence-corrected chi connectivity index (χ0v) is 8.82. The molecular weight excluding hydrogens is 192 g/mol. The zero-order chi connectivity index (χ0) is 11.1. The molecule has 0 spiro atoms.